The quantitative estimate of drug-likeness (QED) is 0.658. The van der Waals surface area contributed by atoms with Crippen molar-refractivity contribution < 1.29 is 24.2 Å². The molecule has 0 bridgehead atoms. The van der Waals surface area contributed by atoms with Crippen molar-refractivity contribution in [2.45, 2.75) is 0 Å². The van der Waals surface area contributed by atoms with Gasteiger partial charge in [0.15, 0.2) is 5.65 Å². The van der Waals surface area contributed by atoms with Crippen LogP contribution >= 0.6 is 0 Å². The van der Waals surface area contributed by atoms with Gasteiger partial charge in [0.1, 0.15) is 30.0 Å². The summed E-state index contributed by atoms with van der Waals surface area (Å²) in [5.74, 6) is -3.05. The summed E-state index contributed by atoms with van der Waals surface area (Å²) in [6.45, 7) is -0.617. The smallest absolute Gasteiger partial charge is 0.322 e. The van der Waals surface area contributed by atoms with Gasteiger partial charge in [0.05, 0.1) is 5.69 Å². The number of carboxylic acids is 1. The van der Waals surface area contributed by atoms with Crippen molar-refractivity contribution in [3.8, 4) is 17.0 Å². The van der Waals surface area contributed by atoms with Crippen LogP contribution in [0.5, 0.6) is 5.75 Å². The van der Waals surface area contributed by atoms with E-state index in [9.17, 15) is 19.1 Å². The van der Waals surface area contributed by atoms with E-state index in [0.29, 0.717) is 0 Å². The standard InChI is InChI=1S/C15H11FN4O4/c16-9-4-2-1-3-8(9)10-5-11(21)13(14-18-7-19-20(10)14)15(24)17-6-12(22)23/h1-5,7,21H,6H2,(H,17,24)(H,22,23). The number of benzene rings is 1. The predicted octanol–water partition coefficient (Wildman–Crippen LogP) is 1.06. The van der Waals surface area contributed by atoms with Crippen molar-refractivity contribution in [2.75, 3.05) is 6.54 Å². The third-order valence-corrected chi connectivity index (χ3v) is 3.31. The lowest BCUT2D eigenvalue weighted by molar-refractivity contribution is -0.135. The van der Waals surface area contributed by atoms with Gasteiger partial charge in [0, 0.05) is 11.6 Å². The fourth-order valence-electron chi connectivity index (χ4n) is 2.29. The van der Waals surface area contributed by atoms with Crippen LogP contribution in [0.4, 0.5) is 4.39 Å². The third kappa shape index (κ3) is 2.62. The van der Waals surface area contributed by atoms with Crippen LogP contribution in [0.15, 0.2) is 36.7 Å². The van der Waals surface area contributed by atoms with Crippen LogP contribution in [0, 0.1) is 5.82 Å². The molecule has 8 nitrogen and oxygen atoms in total. The molecule has 0 saturated carbocycles. The van der Waals surface area contributed by atoms with Crippen LogP contribution in [0.3, 0.4) is 0 Å². The second-order valence-electron chi connectivity index (χ2n) is 4.84. The number of fused-ring (bicyclic) bond motifs is 1. The zero-order valence-corrected chi connectivity index (χ0v) is 12.1. The molecule has 0 aliphatic heterocycles. The van der Waals surface area contributed by atoms with Gasteiger partial charge in [-0.25, -0.2) is 13.9 Å². The Labute approximate surface area is 134 Å². The summed E-state index contributed by atoms with van der Waals surface area (Å²) >= 11 is 0. The first-order valence-corrected chi connectivity index (χ1v) is 6.79. The van der Waals surface area contributed by atoms with Gasteiger partial charge in [0.2, 0.25) is 0 Å². The Kier molecular flexibility index (Phi) is 3.82. The number of aromatic hydroxyl groups is 1. The second-order valence-corrected chi connectivity index (χ2v) is 4.84. The normalized spacial score (nSPS) is 10.7. The molecule has 122 valence electrons. The van der Waals surface area contributed by atoms with E-state index < -0.39 is 30.0 Å². The van der Waals surface area contributed by atoms with E-state index in [0.717, 1.165) is 6.33 Å². The molecule has 0 aliphatic carbocycles. The van der Waals surface area contributed by atoms with Gasteiger partial charge in [-0.3, -0.25) is 9.59 Å². The molecule has 0 radical (unpaired) electrons. The number of halogens is 1. The number of rotatable bonds is 4. The van der Waals surface area contributed by atoms with Gasteiger partial charge < -0.3 is 15.5 Å². The molecule has 1 aromatic carbocycles. The SMILES string of the molecule is O=C(O)CNC(=O)c1c(O)cc(-c2ccccc2F)n2ncnc12. The van der Waals surface area contributed by atoms with Gasteiger partial charge in [0.25, 0.3) is 5.91 Å². The number of amides is 1. The Balaban J connectivity index is 2.16. The summed E-state index contributed by atoms with van der Waals surface area (Å²) in [6, 6.07) is 7.06. The van der Waals surface area contributed by atoms with Crippen LogP contribution in [-0.4, -0.2) is 43.2 Å². The summed E-state index contributed by atoms with van der Waals surface area (Å²) in [5.41, 5.74) is 0.110. The summed E-state index contributed by atoms with van der Waals surface area (Å²) < 4.78 is 15.2. The molecule has 0 atom stereocenters. The first-order valence-electron chi connectivity index (χ1n) is 6.79. The summed E-state index contributed by atoms with van der Waals surface area (Å²) in [4.78, 5) is 26.6. The van der Waals surface area contributed by atoms with Gasteiger partial charge in [-0.2, -0.15) is 5.10 Å². The minimum atomic E-state index is -1.23. The number of hydrogen-bond donors (Lipinski definition) is 3. The van der Waals surface area contributed by atoms with Crippen LogP contribution in [0.2, 0.25) is 0 Å². The largest absolute Gasteiger partial charge is 0.507 e. The molecule has 0 unspecified atom stereocenters. The molecular weight excluding hydrogens is 319 g/mol. The van der Waals surface area contributed by atoms with Crippen molar-refractivity contribution in [1.29, 1.82) is 0 Å². The molecule has 0 saturated heterocycles. The van der Waals surface area contributed by atoms with Crippen LogP contribution in [-0.2, 0) is 4.79 Å². The fourth-order valence-corrected chi connectivity index (χ4v) is 2.29. The minimum Gasteiger partial charge on any atom is -0.507 e. The molecular formula is C15H11FN4O4. The highest BCUT2D eigenvalue weighted by Crippen LogP contribution is 2.30. The zero-order valence-electron chi connectivity index (χ0n) is 12.1. The number of carbonyl (C=O) groups excluding carboxylic acids is 1. The lowest BCUT2D eigenvalue weighted by atomic mass is 10.1. The van der Waals surface area contributed by atoms with Gasteiger partial charge in [-0.15, -0.1) is 0 Å². The van der Waals surface area contributed by atoms with Gasteiger partial charge in [-0.1, -0.05) is 12.1 Å². The maximum absolute atomic E-state index is 14.0. The number of aromatic nitrogens is 3. The monoisotopic (exact) mass is 330 g/mol. The molecule has 9 heteroatoms. The molecule has 0 fully saturated rings. The second kappa shape index (κ2) is 5.95. The maximum atomic E-state index is 14.0. The van der Waals surface area contributed by atoms with Crippen molar-refractivity contribution in [2.24, 2.45) is 0 Å². The number of pyridine rings is 1. The number of aliphatic carboxylic acids is 1. The molecule has 0 spiro atoms. The highest BCUT2D eigenvalue weighted by molar-refractivity contribution is 6.04. The predicted molar refractivity (Wildman–Crippen MR) is 80.0 cm³/mol. The highest BCUT2D eigenvalue weighted by atomic mass is 19.1. The Hall–Kier alpha value is -3.49. The van der Waals surface area contributed by atoms with Gasteiger partial charge in [-0.05, 0) is 12.1 Å². The summed E-state index contributed by atoms with van der Waals surface area (Å²) in [5, 5.41) is 24.9. The van der Waals surface area contributed by atoms with Gasteiger partial charge >= 0.3 is 5.97 Å². The lowest BCUT2D eigenvalue weighted by Crippen LogP contribution is -2.29. The van der Waals surface area contributed by atoms with Crippen molar-refractivity contribution >= 4 is 17.5 Å². The molecule has 0 aliphatic rings. The zero-order chi connectivity index (χ0) is 17.3. The summed E-state index contributed by atoms with van der Waals surface area (Å²) in [6.07, 6.45) is 1.15. The Bertz CT molecular complexity index is 954. The fraction of sp³-hybridized carbons (Fsp3) is 0.0667. The van der Waals surface area contributed by atoms with Crippen molar-refractivity contribution in [1.82, 2.24) is 19.9 Å². The maximum Gasteiger partial charge on any atom is 0.322 e. The van der Waals surface area contributed by atoms with Crippen LogP contribution < -0.4 is 5.32 Å². The van der Waals surface area contributed by atoms with E-state index >= 15 is 0 Å². The number of carboxylic acid groups (broad SMARTS) is 1. The van der Waals surface area contributed by atoms with E-state index in [1.54, 1.807) is 6.07 Å². The molecule has 3 rings (SSSR count). The van der Waals surface area contributed by atoms with Crippen molar-refractivity contribution in [3.63, 3.8) is 0 Å². The Morgan fingerprint density at radius 3 is 2.75 bits per heavy atom. The Morgan fingerprint density at radius 1 is 1.29 bits per heavy atom. The van der Waals surface area contributed by atoms with E-state index in [4.69, 9.17) is 5.11 Å². The first-order chi connectivity index (χ1) is 11.5. The average Bonchev–Trinajstić information content (AvgIpc) is 3.01. The number of carbonyl (C=O) groups is 2. The highest BCUT2D eigenvalue weighted by Gasteiger charge is 2.22. The van der Waals surface area contributed by atoms with Crippen molar-refractivity contribution in [3.05, 3.63) is 48.0 Å². The molecule has 24 heavy (non-hydrogen) atoms. The first kappa shape index (κ1) is 15.4. The number of nitrogens with one attached hydrogen (secondary N) is 1. The van der Waals surface area contributed by atoms with E-state index in [1.165, 1.54) is 28.8 Å². The number of nitrogens with zero attached hydrogens (tertiary/aromatic N) is 3. The van der Waals surface area contributed by atoms with E-state index in [-0.39, 0.29) is 22.5 Å². The van der Waals surface area contributed by atoms with E-state index in [1.807, 2.05) is 0 Å². The number of hydrogen-bond acceptors (Lipinski definition) is 5. The minimum absolute atomic E-state index is 0.0175. The average molecular weight is 330 g/mol. The third-order valence-electron chi connectivity index (χ3n) is 3.31. The molecule has 3 aromatic rings. The Morgan fingerprint density at radius 2 is 2.04 bits per heavy atom. The molecule has 2 heterocycles. The van der Waals surface area contributed by atoms with E-state index in [2.05, 4.69) is 15.4 Å². The van der Waals surface area contributed by atoms with Crippen LogP contribution in [0.1, 0.15) is 10.4 Å². The van der Waals surface area contributed by atoms with Crippen LogP contribution in [0.25, 0.3) is 16.9 Å². The lowest BCUT2D eigenvalue weighted by Gasteiger charge is -2.11. The molecule has 1 amide bonds. The molecule has 2 aromatic heterocycles. The molecule has 3 N–H and O–H groups in total. The summed E-state index contributed by atoms with van der Waals surface area (Å²) in [7, 11) is 0. The topological polar surface area (TPSA) is 117 Å².